The van der Waals surface area contributed by atoms with Crippen LogP contribution in [0.1, 0.15) is 33.4 Å². The first kappa shape index (κ1) is 13.7. The van der Waals surface area contributed by atoms with E-state index in [9.17, 15) is 9.90 Å². The lowest BCUT2D eigenvalue weighted by molar-refractivity contribution is 0.0592. The molecule has 0 radical (unpaired) electrons. The van der Waals surface area contributed by atoms with Crippen LogP contribution in [0.4, 0.5) is 0 Å². The van der Waals surface area contributed by atoms with Crippen molar-refractivity contribution in [2.24, 2.45) is 7.05 Å². The Labute approximate surface area is 101 Å². The van der Waals surface area contributed by atoms with Gasteiger partial charge in [-0.3, -0.25) is 0 Å². The summed E-state index contributed by atoms with van der Waals surface area (Å²) in [6.45, 7) is 4.12. The van der Waals surface area contributed by atoms with Crippen LogP contribution in [-0.2, 0) is 11.8 Å². The number of rotatable bonds is 4. The number of ether oxygens (including phenoxy) is 1. The normalized spacial score (nSPS) is 12.6. The fraction of sp³-hybridized carbons (Fsp3) is 0.583. The highest BCUT2D eigenvalue weighted by Gasteiger charge is 2.26. The van der Waals surface area contributed by atoms with Crippen molar-refractivity contribution >= 4 is 5.97 Å². The highest BCUT2D eigenvalue weighted by Crippen LogP contribution is 2.27. The first-order valence-electron chi connectivity index (χ1n) is 5.52. The van der Waals surface area contributed by atoms with Gasteiger partial charge in [0.15, 0.2) is 0 Å². The number of hydrogen-bond acceptors (Lipinski definition) is 4. The van der Waals surface area contributed by atoms with Crippen molar-refractivity contribution in [1.29, 1.82) is 0 Å². The standard InChI is InChI=1S/C12H20N2O3/c1-7-10(9(15)6-13-3)11(12(16)17-5)8(2)14(7)4/h9,13,15H,6H2,1-5H3. The minimum atomic E-state index is -0.714. The molecule has 0 spiro atoms. The number of hydrogen-bond donors (Lipinski definition) is 2. The third-order valence-electron chi connectivity index (χ3n) is 3.15. The number of nitrogens with zero attached hydrogens (tertiary/aromatic N) is 1. The zero-order chi connectivity index (χ0) is 13.2. The van der Waals surface area contributed by atoms with Crippen LogP contribution in [0.25, 0.3) is 0 Å². The van der Waals surface area contributed by atoms with E-state index >= 15 is 0 Å². The average molecular weight is 240 g/mol. The molecule has 0 aliphatic rings. The highest BCUT2D eigenvalue weighted by molar-refractivity contribution is 5.93. The van der Waals surface area contributed by atoms with E-state index in [0.29, 0.717) is 17.7 Å². The fourth-order valence-electron chi connectivity index (χ4n) is 2.04. The van der Waals surface area contributed by atoms with Crippen molar-refractivity contribution in [2.45, 2.75) is 20.0 Å². The summed E-state index contributed by atoms with van der Waals surface area (Å²) in [6, 6.07) is 0. The number of likely N-dealkylation sites (N-methyl/N-ethyl adjacent to an activating group) is 1. The maximum absolute atomic E-state index is 11.8. The lowest BCUT2D eigenvalue weighted by atomic mass is 10.0. The first-order valence-corrected chi connectivity index (χ1v) is 5.52. The Morgan fingerprint density at radius 2 is 2.06 bits per heavy atom. The van der Waals surface area contributed by atoms with Gasteiger partial charge in [-0.1, -0.05) is 0 Å². The number of carbonyl (C=O) groups excluding carboxylic acids is 1. The molecule has 96 valence electrons. The van der Waals surface area contributed by atoms with Gasteiger partial charge in [-0.2, -0.15) is 0 Å². The zero-order valence-corrected chi connectivity index (χ0v) is 11.0. The van der Waals surface area contributed by atoms with Crippen LogP contribution in [0.15, 0.2) is 0 Å². The summed E-state index contributed by atoms with van der Waals surface area (Å²) in [6.07, 6.45) is -0.714. The van der Waals surface area contributed by atoms with Gasteiger partial charge >= 0.3 is 5.97 Å². The van der Waals surface area contributed by atoms with Crippen LogP contribution in [0, 0.1) is 13.8 Å². The minimum Gasteiger partial charge on any atom is -0.465 e. The molecule has 1 heterocycles. The molecule has 0 fully saturated rings. The smallest absolute Gasteiger partial charge is 0.340 e. The van der Waals surface area contributed by atoms with Gasteiger partial charge in [0.1, 0.15) is 0 Å². The van der Waals surface area contributed by atoms with E-state index in [-0.39, 0.29) is 0 Å². The second kappa shape index (κ2) is 5.33. The van der Waals surface area contributed by atoms with Gasteiger partial charge in [0.05, 0.1) is 18.8 Å². The van der Waals surface area contributed by atoms with Crippen molar-refractivity contribution in [1.82, 2.24) is 9.88 Å². The number of aromatic nitrogens is 1. The third kappa shape index (κ3) is 2.35. The van der Waals surface area contributed by atoms with Gasteiger partial charge in [0, 0.05) is 30.5 Å². The first-order chi connectivity index (χ1) is 7.95. The Kier molecular flexibility index (Phi) is 4.31. The summed E-state index contributed by atoms with van der Waals surface area (Å²) < 4.78 is 6.66. The van der Waals surface area contributed by atoms with Crippen LogP contribution in [0.2, 0.25) is 0 Å². The topological polar surface area (TPSA) is 63.5 Å². The number of aliphatic hydroxyl groups is 1. The molecule has 1 atom stereocenters. The van der Waals surface area contributed by atoms with Crippen LogP contribution in [0.3, 0.4) is 0 Å². The van der Waals surface area contributed by atoms with E-state index in [1.165, 1.54) is 7.11 Å². The van der Waals surface area contributed by atoms with Crippen molar-refractivity contribution in [3.05, 3.63) is 22.5 Å². The predicted molar refractivity (Wildman–Crippen MR) is 65.1 cm³/mol. The van der Waals surface area contributed by atoms with Gasteiger partial charge in [0.25, 0.3) is 0 Å². The van der Waals surface area contributed by atoms with Crippen LogP contribution in [0.5, 0.6) is 0 Å². The van der Waals surface area contributed by atoms with E-state index < -0.39 is 12.1 Å². The van der Waals surface area contributed by atoms with Gasteiger partial charge in [0.2, 0.25) is 0 Å². The van der Waals surface area contributed by atoms with E-state index in [1.807, 2.05) is 25.5 Å². The summed E-state index contributed by atoms with van der Waals surface area (Å²) >= 11 is 0. The van der Waals surface area contributed by atoms with Crippen molar-refractivity contribution in [2.75, 3.05) is 20.7 Å². The molecule has 0 saturated heterocycles. The Morgan fingerprint density at radius 3 is 2.53 bits per heavy atom. The molecule has 0 aliphatic carbocycles. The van der Waals surface area contributed by atoms with Gasteiger partial charge in [-0.15, -0.1) is 0 Å². The molecule has 1 rings (SSSR count). The van der Waals surface area contributed by atoms with Crippen molar-refractivity contribution in [3.8, 4) is 0 Å². The molecule has 5 heteroatoms. The van der Waals surface area contributed by atoms with E-state index in [4.69, 9.17) is 4.74 Å². The summed E-state index contributed by atoms with van der Waals surface area (Å²) in [4.78, 5) is 11.8. The van der Waals surface area contributed by atoms with Gasteiger partial charge < -0.3 is 19.7 Å². The third-order valence-corrected chi connectivity index (χ3v) is 3.15. The summed E-state index contributed by atoms with van der Waals surface area (Å²) in [5.41, 5.74) is 2.80. The Balaban J connectivity index is 3.36. The molecule has 1 aromatic heterocycles. The van der Waals surface area contributed by atoms with Crippen LogP contribution < -0.4 is 5.32 Å². The van der Waals surface area contributed by atoms with Gasteiger partial charge in [-0.25, -0.2) is 4.79 Å². The van der Waals surface area contributed by atoms with Crippen LogP contribution >= 0.6 is 0 Å². The molecule has 0 aromatic carbocycles. The number of nitrogens with one attached hydrogen (secondary N) is 1. The molecular weight excluding hydrogens is 220 g/mol. The van der Waals surface area contributed by atoms with Crippen LogP contribution in [-0.4, -0.2) is 36.3 Å². The zero-order valence-electron chi connectivity index (χ0n) is 11.0. The lowest BCUT2D eigenvalue weighted by Gasteiger charge is -2.12. The predicted octanol–water partition coefficient (Wildman–Crippen LogP) is 0.681. The molecular formula is C12H20N2O3. The summed E-state index contributed by atoms with van der Waals surface area (Å²) in [5.74, 6) is -0.406. The maximum Gasteiger partial charge on any atom is 0.340 e. The number of carbonyl (C=O) groups is 1. The highest BCUT2D eigenvalue weighted by atomic mass is 16.5. The molecule has 2 N–H and O–H groups in total. The van der Waals surface area contributed by atoms with Gasteiger partial charge in [-0.05, 0) is 20.9 Å². The largest absolute Gasteiger partial charge is 0.465 e. The molecule has 5 nitrogen and oxygen atoms in total. The molecule has 0 bridgehead atoms. The monoisotopic (exact) mass is 240 g/mol. The molecule has 1 aromatic rings. The second-order valence-electron chi connectivity index (χ2n) is 4.08. The Morgan fingerprint density at radius 1 is 1.47 bits per heavy atom. The SMILES string of the molecule is CNCC(O)c1c(C(=O)OC)c(C)n(C)c1C. The van der Waals surface area contributed by atoms with E-state index in [0.717, 1.165) is 11.4 Å². The molecule has 1 unspecified atom stereocenters. The van der Waals surface area contributed by atoms with E-state index in [2.05, 4.69) is 5.32 Å². The van der Waals surface area contributed by atoms with Crippen molar-refractivity contribution < 1.29 is 14.6 Å². The lowest BCUT2D eigenvalue weighted by Crippen LogP contribution is -2.19. The number of methoxy groups -OCH3 is 1. The van der Waals surface area contributed by atoms with Crippen molar-refractivity contribution in [3.63, 3.8) is 0 Å². The second-order valence-corrected chi connectivity index (χ2v) is 4.08. The summed E-state index contributed by atoms with van der Waals surface area (Å²) in [7, 11) is 4.97. The molecule has 0 amide bonds. The number of esters is 1. The molecule has 0 aliphatic heterocycles. The molecule has 0 saturated carbocycles. The Hall–Kier alpha value is -1.33. The average Bonchev–Trinajstić information content (AvgIpc) is 2.53. The van der Waals surface area contributed by atoms with E-state index in [1.54, 1.807) is 7.05 Å². The summed E-state index contributed by atoms with van der Waals surface area (Å²) in [5, 5.41) is 13.0. The number of aliphatic hydroxyl groups excluding tert-OH is 1. The minimum absolute atomic E-state index is 0.397. The Bertz CT molecular complexity index is 424. The maximum atomic E-state index is 11.8. The quantitative estimate of drug-likeness (QED) is 0.760. The molecule has 17 heavy (non-hydrogen) atoms. The fourth-order valence-corrected chi connectivity index (χ4v) is 2.04.